The molecule has 2 heterocycles. The van der Waals surface area contributed by atoms with E-state index in [1.807, 2.05) is 4.40 Å². The zero-order valence-electron chi connectivity index (χ0n) is 9.77. The van der Waals surface area contributed by atoms with Gasteiger partial charge in [-0.05, 0) is 19.4 Å². The molecule has 86 valence electrons. The molecule has 1 aromatic carbocycles. The first-order valence-corrected chi connectivity index (χ1v) is 6.28. The van der Waals surface area contributed by atoms with Crippen molar-refractivity contribution in [1.82, 2.24) is 9.38 Å². The fourth-order valence-corrected chi connectivity index (χ4v) is 3.00. The lowest BCUT2D eigenvalue weighted by Crippen LogP contribution is -1.94. The van der Waals surface area contributed by atoms with E-state index in [-0.39, 0.29) is 0 Å². The Balaban J connectivity index is 2.32. The number of anilines is 1. The molecule has 17 heavy (non-hydrogen) atoms. The minimum Gasteiger partial charge on any atom is -0.383 e. The van der Waals surface area contributed by atoms with Crippen molar-refractivity contribution in [2.24, 2.45) is 0 Å². The van der Waals surface area contributed by atoms with E-state index in [0.29, 0.717) is 5.82 Å². The number of aromatic nitrogens is 2. The Morgan fingerprint density at radius 1 is 1.18 bits per heavy atom. The maximum Gasteiger partial charge on any atom is 0.196 e. The van der Waals surface area contributed by atoms with Gasteiger partial charge in [0.1, 0.15) is 5.82 Å². The summed E-state index contributed by atoms with van der Waals surface area (Å²) in [6, 6.07) is 8.49. The topological polar surface area (TPSA) is 43.3 Å². The van der Waals surface area contributed by atoms with Gasteiger partial charge in [-0.15, -0.1) is 11.3 Å². The first-order chi connectivity index (χ1) is 8.16. The van der Waals surface area contributed by atoms with Crippen molar-refractivity contribution in [3.63, 3.8) is 0 Å². The van der Waals surface area contributed by atoms with E-state index in [1.165, 1.54) is 16.0 Å². The van der Waals surface area contributed by atoms with Crippen LogP contribution >= 0.6 is 11.3 Å². The molecule has 0 aliphatic rings. The molecule has 4 heteroatoms. The minimum atomic E-state index is 0.694. The zero-order chi connectivity index (χ0) is 12.0. The van der Waals surface area contributed by atoms with Gasteiger partial charge in [-0.1, -0.05) is 29.8 Å². The third kappa shape index (κ3) is 1.52. The van der Waals surface area contributed by atoms with Gasteiger partial charge >= 0.3 is 0 Å². The highest BCUT2D eigenvalue weighted by Crippen LogP contribution is 2.32. The Labute approximate surface area is 104 Å². The Morgan fingerprint density at radius 2 is 1.88 bits per heavy atom. The Hall–Kier alpha value is -1.81. The largest absolute Gasteiger partial charge is 0.383 e. The molecule has 3 aromatic rings. The third-order valence-corrected chi connectivity index (χ3v) is 3.85. The summed E-state index contributed by atoms with van der Waals surface area (Å²) < 4.78 is 2.02. The highest BCUT2D eigenvalue weighted by Gasteiger charge is 2.13. The number of benzene rings is 1. The zero-order valence-corrected chi connectivity index (χ0v) is 10.6. The maximum absolute atomic E-state index is 5.96. The summed E-state index contributed by atoms with van der Waals surface area (Å²) >= 11 is 1.67. The predicted molar refractivity (Wildman–Crippen MR) is 72.4 cm³/mol. The molecule has 2 aromatic heterocycles. The fourth-order valence-electron chi connectivity index (χ4n) is 2.03. The second-order valence-electron chi connectivity index (χ2n) is 4.17. The van der Waals surface area contributed by atoms with Crippen LogP contribution in [0, 0.1) is 13.8 Å². The summed E-state index contributed by atoms with van der Waals surface area (Å²) in [6.07, 6.45) is 1.71. The lowest BCUT2D eigenvalue weighted by atomic mass is 10.1. The third-order valence-electron chi connectivity index (χ3n) is 2.88. The predicted octanol–water partition coefficient (Wildman–Crippen LogP) is 3.26. The van der Waals surface area contributed by atoms with E-state index in [9.17, 15) is 0 Å². The molecule has 0 bridgehead atoms. The number of nitrogen functional groups attached to an aromatic ring is 1. The number of imidazole rings is 1. The molecule has 0 spiro atoms. The van der Waals surface area contributed by atoms with Crippen molar-refractivity contribution in [3.8, 4) is 11.3 Å². The van der Waals surface area contributed by atoms with Crippen LogP contribution in [0.25, 0.3) is 16.2 Å². The Bertz CT molecular complexity index is 677. The van der Waals surface area contributed by atoms with Crippen LogP contribution in [0.1, 0.15) is 10.4 Å². The van der Waals surface area contributed by atoms with Gasteiger partial charge in [0.05, 0.1) is 11.9 Å². The van der Waals surface area contributed by atoms with Crippen LogP contribution in [0.3, 0.4) is 0 Å². The van der Waals surface area contributed by atoms with Gasteiger partial charge in [0.25, 0.3) is 0 Å². The number of fused-ring (bicyclic) bond motifs is 1. The molecule has 0 aliphatic carbocycles. The van der Waals surface area contributed by atoms with Crippen molar-refractivity contribution in [3.05, 3.63) is 40.9 Å². The first kappa shape index (κ1) is 10.4. The second kappa shape index (κ2) is 3.60. The molecular formula is C13H13N3S. The van der Waals surface area contributed by atoms with E-state index in [0.717, 1.165) is 10.7 Å². The van der Waals surface area contributed by atoms with Gasteiger partial charge < -0.3 is 5.73 Å². The lowest BCUT2D eigenvalue weighted by Gasteiger charge is -2.04. The van der Waals surface area contributed by atoms with Crippen LogP contribution in [0.2, 0.25) is 0 Å². The first-order valence-electron chi connectivity index (χ1n) is 5.46. The van der Waals surface area contributed by atoms with Crippen LogP contribution in [-0.2, 0) is 0 Å². The number of rotatable bonds is 1. The quantitative estimate of drug-likeness (QED) is 0.713. The van der Waals surface area contributed by atoms with Crippen molar-refractivity contribution < 1.29 is 0 Å². The SMILES string of the molecule is Cc1ccc(-c2c(C)sc3ncc(N)n23)cc1. The van der Waals surface area contributed by atoms with E-state index >= 15 is 0 Å². The number of hydrogen-bond acceptors (Lipinski definition) is 3. The highest BCUT2D eigenvalue weighted by atomic mass is 32.1. The number of aryl methyl sites for hydroxylation is 2. The van der Waals surface area contributed by atoms with Crippen LogP contribution in [-0.4, -0.2) is 9.38 Å². The standard InChI is InChI=1S/C13H13N3S/c1-8-3-5-10(6-4-8)12-9(2)17-13-15-7-11(14)16(12)13/h3-7H,14H2,1-2H3. The molecule has 0 unspecified atom stereocenters. The van der Waals surface area contributed by atoms with E-state index in [1.54, 1.807) is 17.5 Å². The Morgan fingerprint density at radius 3 is 2.59 bits per heavy atom. The molecule has 0 amide bonds. The molecular weight excluding hydrogens is 230 g/mol. The van der Waals surface area contributed by atoms with Crippen molar-refractivity contribution in [2.45, 2.75) is 13.8 Å². The monoisotopic (exact) mass is 243 g/mol. The molecule has 3 rings (SSSR count). The summed E-state index contributed by atoms with van der Waals surface area (Å²) in [5, 5.41) is 0. The van der Waals surface area contributed by atoms with Crippen molar-refractivity contribution >= 4 is 22.1 Å². The van der Waals surface area contributed by atoms with Gasteiger partial charge in [-0.2, -0.15) is 0 Å². The molecule has 3 nitrogen and oxygen atoms in total. The van der Waals surface area contributed by atoms with Gasteiger partial charge in [0, 0.05) is 4.88 Å². The van der Waals surface area contributed by atoms with Crippen LogP contribution < -0.4 is 5.73 Å². The van der Waals surface area contributed by atoms with Crippen LogP contribution in [0.4, 0.5) is 5.82 Å². The average molecular weight is 243 g/mol. The smallest absolute Gasteiger partial charge is 0.196 e. The number of hydrogen-bond donors (Lipinski definition) is 1. The molecule has 0 radical (unpaired) electrons. The van der Waals surface area contributed by atoms with E-state index < -0.39 is 0 Å². The second-order valence-corrected chi connectivity index (χ2v) is 5.36. The molecule has 0 saturated heterocycles. The van der Waals surface area contributed by atoms with Crippen LogP contribution in [0.5, 0.6) is 0 Å². The molecule has 0 saturated carbocycles. The molecule has 0 fully saturated rings. The van der Waals surface area contributed by atoms with E-state index in [2.05, 4.69) is 43.1 Å². The number of nitrogens with zero attached hydrogens (tertiary/aromatic N) is 2. The number of nitrogens with two attached hydrogens (primary N) is 1. The summed E-state index contributed by atoms with van der Waals surface area (Å²) in [5.74, 6) is 0.694. The van der Waals surface area contributed by atoms with Crippen LogP contribution in [0.15, 0.2) is 30.5 Å². The summed E-state index contributed by atoms with van der Waals surface area (Å²) in [4.78, 5) is 6.49. The minimum absolute atomic E-state index is 0.694. The van der Waals surface area contributed by atoms with Crippen molar-refractivity contribution in [2.75, 3.05) is 5.73 Å². The van der Waals surface area contributed by atoms with Gasteiger partial charge in [-0.25, -0.2) is 4.98 Å². The average Bonchev–Trinajstić information content (AvgIpc) is 2.80. The molecule has 0 aliphatic heterocycles. The summed E-state index contributed by atoms with van der Waals surface area (Å²) in [5.41, 5.74) is 9.56. The lowest BCUT2D eigenvalue weighted by molar-refractivity contribution is 1.23. The highest BCUT2D eigenvalue weighted by molar-refractivity contribution is 7.17. The van der Waals surface area contributed by atoms with E-state index in [4.69, 9.17) is 5.73 Å². The van der Waals surface area contributed by atoms with Gasteiger partial charge in [-0.3, -0.25) is 4.40 Å². The normalized spacial score (nSPS) is 11.2. The van der Waals surface area contributed by atoms with Gasteiger partial charge in [0.2, 0.25) is 0 Å². The summed E-state index contributed by atoms with van der Waals surface area (Å²) in [7, 11) is 0. The Kier molecular flexibility index (Phi) is 2.19. The molecule has 2 N–H and O–H groups in total. The van der Waals surface area contributed by atoms with Gasteiger partial charge in [0.15, 0.2) is 4.96 Å². The fraction of sp³-hybridized carbons (Fsp3) is 0.154. The van der Waals surface area contributed by atoms with Crippen molar-refractivity contribution in [1.29, 1.82) is 0 Å². The number of thiazole rings is 1. The summed E-state index contributed by atoms with van der Waals surface area (Å²) in [6.45, 7) is 4.19. The molecule has 0 atom stereocenters. The maximum atomic E-state index is 5.96.